The standard InChI is InChI=1S/C20H31F2N3O2/c1-4-23-19(25-14-20(8-9-20)10-11-26-5-2)24-13-16-12-15(3)6-7-17(16)27-18(21)22/h6-7,12,18H,4-5,8-11,13-14H2,1-3H3,(H2,23,24,25). The van der Waals surface area contributed by atoms with Gasteiger partial charge in [0.05, 0.1) is 6.54 Å². The van der Waals surface area contributed by atoms with Crippen LogP contribution < -0.4 is 15.4 Å². The van der Waals surface area contributed by atoms with Gasteiger partial charge in [-0.2, -0.15) is 8.78 Å². The summed E-state index contributed by atoms with van der Waals surface area (Å²) >= 11 is 0. The van der Waals surface area contributed by atoms with Crippen molar-refractivity contribution in [3.8, 4) is 5.75 Å². The summed E-state index contributed by atoms with van der Waals surface area (Å²) in [6.07, 6.45) is 3.42. The number of hydrogen-bond acceptors (Lipinski definition) is 3. The predicted octanol–water partition coefficient (Wildman–Crippen LogP) is 3.86. The molecule has 1 saturated carbocycles. The van der Waals surface area contributed by atoms with E-state index in [2.05, 4.69) is 20.4 Å². The van der Waals surface area contributed by atoms with Crippen LogP contribution in [0.25, 0.3) is 0 Å². The maximum atomic E-state index is 12.6. The Hall–Kier alpha value is -1.89. The monoisotopic (exact) mass is 383 g/mol. The summed E-state index contributed by atoms with van der Waals surface area (Å²) in [5.41, 5.74) is 1.91. The van der Waals surface area contributed by atoms with Crippen molar-refractivity contribution in [3.05, 3.63) is 29.3 Å². The molecule has 5 nitrogen and oxygen atoms in total. The Labute approximate surface area is 160 Å². The molecule has 1 fully saturated rings. The van der Waals surface area contributed by atoms with Gasteiger partial charge in [0.15, 0.2) is 5.96 Å². The lowest BCUT2D eigenvalue weighted by molar-refractivity contribution is -0.0504. The minimum Gasteiger partial charge on any atom is -0.434 e. The number of guanidine groups is 1. The summed E-state index contributed by atoms with van der Waals surface area (Å²) in [6, 6.07) is 5.15. The number of alkyl halides is 2. The third kappa shape index (κ3) is 7.33. The van der Waals surface area contributed by atoms with E-state index in [9.17, 15) is 8.78 Å². The third-order valence-corrected chi connectivity index (χ3v) is 4.75. The van der Waals surface area contributed by atoms with Gasteiger partial charge in [-0.05, 0) is 51.5 Å². The first-order chi connectivity index (χ1) is 13.0. The minimum atomic E-state index is -2.85. The molecular weight excluding hydrogens is 352 g/mol. The van der Waals surface area contributed by atoms with E-state index in [0.717, 1.165) is 38.3 Å². The second-order valence-electron chi connectivity index (χ2n) is 6.99. The molecule has 2 rings (SSSR count). The first-order valence-electron chi connectivity index (χ1n) is 9.62. The molecule has 0 saturated heterocycles. The van der Waals surface area contributed by atoms with Crippen molar-refractivity contribution in [2.24, 2.45) is 10.4 Å². The molecule has 0 spiro atoms. The van der Waals surface area contributed by atoms with Crippen LogP contribution in [0.1, 0.15) is 44.2 Å². The second kappa shape index (κ2) is 10.4. The molecule has 0 aliphatic heterocycles. The molecule has 1 aromatic carbocycles. The fraction of sp³-hybridized carbons (Fsp3) is 0.650. The van der Waals surface area contributed by atoms with Crippen LogP contribution in [0.5, 0.6) is 5.75 Å². The fourth-order valence-electron chi connectivity index (χ4n) is 2.94. The highest BCUT2D eigenvalue weighted by atomic mass is 19.3. The lowest BCUT2D eigenvalue weighted by atomic mass is 10.0. The Bertz CT molecular complexity index is 619. The van der Waals surface area contributed by atoms with E-state index in [1.165, 1.54) is 12.8 Å². The molecule has 2 N–H and O–H groups in total. The van der Waals surface area contributed by atoms with E-state index in [1.807, 2.05) is 26.8 Å². The molecule has 0 radical (unpaired) electrons. The van der Waals surface area contributed by atoms with Crippen LogP contribution in [0.3, 0.4) is 0 Å². The van der Waals surface area contributed by atoms with Crippen LogP contribution in [-0.4, -0.2) is 38.9 Å². The number of rotatable bonds is 11. The van der Waals surface area contributed by atoms with Crippen molar-refractivity contribution in [1.29, 1.82) is 0 Å². The molecule has 7 heteroatoms. The normalized spacial score (nSPS) is 15.7. The molecule has 0 aromatic heterocycles. The summed E-state index contributed by atoms with van der Waals surface area (Å²) in [7, 11) is 0. The van der Waals surface area contributed by atoms with E-state index in [-0.39, 0.29) is 12.3 Å². The summed E-state index contributed by atoms with van der Waals surface area (Å²) in [5, 5.41) is 6.60. The number of halogens is 2. The Morgan fingerprint density at radius 1 is 1.26 bits per heavy atom. The zero-order chi connectivity index (χ0) is 19.7. The van der Waals surface area contributed by atoms with Crippen molar-refractivity contribution in [1.82, 2.24) is 10.6 Å². The number of aryl methyl sites for hydroxylation is 1. The summed E-state index contributed by atoms with van der Waals surface area (Å²) in [4.78, 5) is 4.56. The van der Waals surface area contributed by atoms with Gasteiger partial charge in [-0.15, -0.1) is 0 Å². The SMILES string of the molecule is CCNC(=NCc1cc(C)ccc1OC(F)F)NCC1(CCOCC)CC1. The van der Waals surface area contributed by atoms with Crippen molar-refractivity contribution in [3.63, 3.8) is 0 Å². The van der Waals surface area contributed by atoms with Gasteiger partial charge in [0.25, 0.3) is 0 Å². The van der Waals surface area contributed by atoms with E-state index in [4.69, 9.17) is 4.74 Å². The van der Waals surface area contributed by atoms with E-state index in [1.54, 1.807) is 12.1 Å². The molecule has 152 valence electrons. The third-order valence-electron chi connectivity index (χ3n) is 4.75. The smallest absolute Gasteiger partial charge is 0.387 e. The lowest BCUT2D eigenvalue weighted by Crippen LogP contribution is -2.40. The van der Waals surface area contributed by atoms with Crippen LogP contribution in [0.4, 0.5) is 8.78 Å². The second-order valence-corrected chi connectivity index (χ2v) is 6.99. The van der Waals surface area contributed by atoms with Crippen LogP contribution >= 0.6 is 0 Å². The predicted molar refractivity (Wildman–Crippen MR) is 103 cm³/mol. The highest BCUT2D eigenvalue weighted by molar-refractivity contribution is 5.79. The van der Waals surface area contributed by atoms with Gasteiger partial charge in [0.1, 0.15) is 5.75 Å². The zero-order valence-corrected chi connectivity index (χ0v) is 16.5. The fourth-order valence-corrected chi connectivity index (χ4v) is 2.94. The Balaban J connectivity index is 1.98. The maximum absolute atomic E-state index is 12.6. The van der Waals surface area contributed by atoms with Gasteiger partial charge in [-0.1, -0.05) is 17.7 Å². The molecule has 0 bridgehead atoms. The lowest BCUT2D eigenvalue weighted by Gasteiger charge is -2.18. The topological polar surface area (TPSA) is 54.9 Å². The van der Waals surface area contributed by atoms with Crippen LogP contribution in [0.2, 0.25) is 0 Å². The van der Waals surface area contributed by atoms with Gasteiger partial charge >= 0.3 is 6.61 Å². The Morgan fingerprint density at radius 2 is 2.04 bits per heavy atom. The van der Waals surface area contributed by atoms with Crippen molar-refractivity contribution < 1.29 is 18.3 Å². The van der Waals surface area contributed by atoms with Crippen molar-refractivity contribution >= 4 is 5.96 Å². The number of nitrogens with one attached hydrogen (secondary N) is 2. The molecule has 0 unspecified atom stereocenters. The van der Waals surface area contributed by atoms with E-state index < -0.39 is 6.61 Å². The maximum Gasteiger partial charge on any atom is 0.387 e. The van der Waals surface area contributed by atoms with Crippen molar-refractivity contribution in [2.45, 2.75) is 53.2 Å². The number of aliphatic imine (C=N–C) groups is 1. The number of benzene rings is 1. The molecule has 1 aromatic rings. The highest BCUT2D eigenvalue weighted by Gasteiger charge is 2.41. The number of nitrogens with zero attached hydrogens (tertiary/aromatic N) is 1. The molecule has 0 atom stereocenters. The number of hydrogen-bond donors (Lipinski definition) is 2. The van der Waals surface area contributed by atoms with Gasteiger partial charge < -0.3 is 20.1 Å². The average molecular weight is 383 g/mol. The van der Waals surface area contributed by atoms with E-state index >= 15 is 0 Å². The van der Waals surface area contributed by atoms with Crippen LogP contribution in [-0.2, 0) is 11.3 Å². The zero-order valence-electron chi connectivity index (χ0n) is 16.5. The van der Waals surface area contributed by atoms with Crippen LogP contribution in [0, 0.1) is 12.3 Å². The van der Waals surface area contributed by atoms with Gasteiger partial charge in [-0.3, -0.25) is 0 Å². The number of ether oxygens (including phenoxy) is 2. The molecule has 27 heavy (non-hydrogen) atoms. The average Bonchev–Trinajstić information content (AvgIpc) is 3.39. The largest absolute Gasteiger partial charge is 0.434 e. The summed E-state index contributed by atoms with van der Waals surface area (Å²) in [6.45, 7) is 6.43. The summed E-state index contributed by atoms with van der Waals surface area (Å²) in [5.74, 6) is 0.857. The molecular formula is C20H31F2N3O2. The van der Waals surface area contributed by atoms with Gasteiger partial charge in [-0.25, -0.2) is 4.99 Å². The van der Waals surface area contributed by atoms with Gasteiger partial charge in [0, 0.05) is 31.9 Å². The summed E-state index contributed by atoms with van der Waals surface area (Å²) < 4.78 is 35.3. The van der Waals surface area contributed by atoms with E-state index in [0.29, 0.717) is 16.9 Å². The quantitative estimate of drug-likeness (QED) is 0.346. The van der Waals surface area contributed by atoms with Crippen LogP contribution in [0.15, 0.2) is 23.2 Å². The molecule has 0 amide bonds. The molecule has 0 heterocycles. The Kier molecular flexibility index (Phi) is 8.28. The first kappa shape index (κ1) is 21.4. The first-order valence-corrected chi connectivity index (χ1v) is 9.62. The minimum absolute atomic E-state index is 0.172. The van der Waals surface area contributed by atoms with Gasteiger partial charge in [0.2, 0.25) is 0 Å². The highest BCUT2D eigenvalue weighted by Crippen LogP contribution is 2.48. The Morgan fingerprint density at radius 3 is 2.67 bits per heavy atom. The van der Waals surface area contributed by atoms with Crippen molar-refractivity contribution in [2.75, 3.05) is 26.3 Å². The molecule has 1 aliphatic rings. The molecule has 1 aliphatic carbocycles.